The molecule has 94 valence electrons. The topological polar surface area (TPSA) is 44.5 Å². The molecule has 0 aliphatic carbocycles. The average Bonchev–Trinajstić information content (AvgIpc) is 2.38. The van der Waals surface area contributed by atoms with E-state index in [2.05, 4.69) is 12.1 Å². The molecule has 2 rings (SSSR count). The average molecular weight is 235 g/mol. The molecular formula is C14H21NO2. The highest BCUT2D eigenvalue weighted by Gasteiger charge is 2.24. The second-order valence-corrected chi connectivity index (χ2v) is 4.68. The summed E-state index contributed by atoms with van der Waals surface area (Å²) in [5, 5.41) is 0. The number of para-hydroxylation sites is 1. The number of ether oxygens (including phenoxy) is 2. The van der Waals surface area contributed by atoms with Crippen LogP contribution in [0.15, 0.2) is 24.3 Å². The molecular weight excluding hydrogens is 214 g/mol. The number of benzene rings is 1. The molecule has 0 radical (unpaired) electrons. The molecule has 3 heteroatoms. The van der Waals surface area contributed by atoms with E-state index in [9.17, 15) is 0 Å². The normalized spacial score (nSPS) is 20.5. The fourth-order valence-corrected chi connectivity index (χ4v) is 2.33. The summed E-state index contributed by atoms with van der Waals surface area (Å²) >= 11 is 0. The van der Waals surface area contributed by atoms with Gasteiger partial charge in [0, 0.05) is 25.7 Å². The van der Waals surface area contributed by atoms with Gasteiger partial charge in [0.15, 0.2) is 0 Å². The highest BCUT2D eigenvalue weighted by Crippen LogP contribution is 2.28. The SMILES string of the molecule is COCCCC(N)C1COc2ccccc2C1. The molecule has 0 saturated heterocycles. The minimum absolute atomic E-state index is 0.207. The Labute approximate surface area is 103 Å². The molecule has 0 fully saturated rings. The van der Waals surface area contributed by atoms with Crippen LogP contribution in [0.25, 0.3) is 0 Å². The van der Waals surface area contributed by atoms with Crippen LogP contribution in [0.5, 0.6) is 5.75 Å². The summed E-state index contributed by atoms with van der Waals surface area (Å²) in [5.41, 5.74) is 7.49. The largest absolute Gasteiger partial charge is 0.493 e. The molecule has 17 heavy (non-hydrogen) atoms. The van der Waals surface area contributed by atoms with Crippen molar-refractivity contribution in [1.29, 1.82) is 0 Å². The van der Waals surface area contributed by atoms with Gasteiger partial charge in [0.05, 0.1) is 6.61 Å². The van der Waals surface area contributed by atoms with E-state index in [1.165, 1.54) is 5.56 Å². The molecule has 1 aromatic carbocycles. The van der Waals surface area contributed by atoms with Gasteiger partial charge in [-0.05, 0) is 30.9 Å². The minimum atomic E-state index is 0.207. The maximum absolute atomic E-state index is 6.21. The Balaban J connectivity index is 1.88. The van der Waals surface area contributed by atoms with Gasteiger partial charge in [-0.2, -0.15) is 0 Å². The maximum Gasteiger partial charge on any atom is 0.122 e. The van der Waals surface area contributed by atoms with E-state index in [1.807, 2.05) is 12.1 Å². The lowest BCUT2D eigenvalue weighted by atomic mass is 9.89. The summed E-state index contributed by atoms with van der Waals surface area (Å²) in [5.74, 6) is 1.45. The first-order valence-corrected chi connectivity index (χ1v) is 6.26. The monoisotopic (exact) mass is 235 g/mol. The van der Waals surface area contributed by atoms with Gasteiger partial charge < -0.3 is 15.2 Å². The van der Waals surface area contributed by atoms with Crippen molar-refractivity contribution in [2.45, 2.75) is 25.3 Å². The Hall–Kier alpha value is -1.06. The molecule has 0 amide bonds. The van der Waals surface area contributed by atoms with Crippen LogP contribution in [-0.2, 0) is 11.2 Å². The number of nitrogens with two attached hydrogens (primary N) is 1. The van der Waals surface area contributed by atoms with E-state index in [4.69, 9.17) is 15.2 Å². The summed E-state index contributed by atoms with van der Waals surface area (Å²) in [4.78, 5) is 0. The van der Waals surface area contributed by atoms with Gasteiger partial charge in [-0.25, -0.2) is 0 Å². The van der Waals surface area contributed by atoms with Crippen LogP contribution in [0.1, 0.15) is 18.4 Å². The molecule has 1 aromatic rings. The van der Waals surface area contributed by atoms with E-state index in [-0.39, 0.29) is 6.04 Å². The molecule has 3 nitrogen and oxygen atoms in total. The van der Waals surface area contributed by atoms with Crippen molar-refractivity contribution in [1.82, 2.24) is 0 Å². The minimum Gasteiger partial charge on any atom is -0.493 e. The molecule has 0 aromatic heterocycles. The predicted molar refractivity (Wildman–Crippen MR) is 68.2 cm³/mol. The van der Waals surface area contributed by atoms with Crippen LogP contribution in [0.4, 0.5) is 0 Å². The Morgan fingerprint density at radius 2 is 2.29 bits per heavy atom. The standard InChI is InChI=1S/C14H21NO2/c1-16-8-4-6-13(15)12-9-11-5-2-3-7-14(11)17-10-12/h2-3,5,7,12-13H,4,6,8-10,15H2,1H3. The predicted octanol–water partition coefficient (Wildman–Crippen LogP) is 1.99. The van der Waals surface area contributed by atoms with Gasteiger partial charge in [-0.15, -0.1) is 0 Å². The molecule has 2 atom stereocenters. The third kappa shape index (κ3) is 3.20. The van der Waals surface area contributed by atoms with Gasteiger partial charge in [0.2, 0.25) is 0 Å². The van der Waals surface area contributed by atoms with Gasteiger partial charge in [0.25, 0.3) is 0 Å². The van der Waals surface area contributed by atoms with Crippen LogP contribution >= 0.6 is 0 Å². The van der Waals surface area contributed by atoms with Crippen LogP contribution in [-0.4, -0.2) is 26.4 Å². The van der Waals surface area contributed by atoms with Crippen molar-refractivity contribution in [3.05, 3.63) is 29.8 Å². The zero-order valence-corrected chi connectivity index (χ0v) is 10.4. The number of methoxy groups -OCH3 is 1. The van der Waals surface area contributed by atoms with E-state index in [0.717, 1.165) is 38.2 Å². The van der Waals surface area contributed by atoms with Crippen molar-refractivity contribution in [2.75, 3.05) is 20.3 Å². The van der Waals surface area contributed by atoms with Crippen molar-refractivity contribution < 1.29 is 9.47 Å². The number of fused-ring (bicyclic) bond motifs is 1. The highest BCUT2D eigenvalue weighted by molar-refractivity contribution is 5.35. The molecule has 0 bridgehead atoms. The molecule has 0 saturated carbocycles. The smallest absolute Gasteiger partial charge is 0.122 e. The first-order valence-electron chi connectivity index (χ1n) is 6.26. The maximum atomic E-state index is 6.21. The molecule has 2 unspecified atom stereocenters. The Kier molecular flexibility index (Phi) is 4.40. The van der Waals surface area contributed by atoms with Crippen LogP contribution in [0.2, 0.25) is 0 Å². The van der Waals surface area contributed by atoms with E-state index >= 15 is 0 Å². The molecule has 1 aliphatic heterocycles. The molecule has 0 spiro atoms. The summed E-state index contributed by atoms with van der Waals surface area (Å²) in [7, 11) is 1.73. The van der Waals surface area contributed by atoms with Gasteiger partial charge in [0.1, 0.15) is 5.75 Å². The highest BCUT2D eigenvalue weighted by atomic mass is 16.5. The number of hydrogen-bond acceptors (Lipinski definition) is 3. The van der Waals surface area contributed by atoms with E-state index in [0.29, 0.717) is 5.92 Å². The lowest BCUT2D eigenvalue weighted by molar-refractivity contribution is 0.169. The summed E-state index contributed by atoms with van der Waals surface area (Å²) in [6, 6.07) is 8.43. The van der Waals surface area contributed by atoms with Gasteiger partial charge in [-0.1, -0.05) is 18.2 Å². The number of hydrogen-bond donors (Lipinski definition) is 1. The lowest BCUT2D eigenvalue weighted by Gasteiger charge is -2.29. The third-order valence-electron chi connectivity index (χ3n) is 3.40. The first-order chi connectivity index (χ1) is 8.31. The van der Waals surface area contributed by atoms with Gasteiger partial charge >= 0.3 is 0 Å². The summed E-state index contributed by atoms with van der Waals surface area (Å²) < 4.78 is 10.8. The van der Waals surface area contributed by atoms with Crippen molar-refractivity contribution >= 4 is 0 Å². The Bertz CT molecular complexity index is 354. The zero-order chi connectivity index (χ0) is 12.1. The first kappa shape index (κ1) is 12.4. The quantitative estimate of drug-likeness (QED) is 0.794. The lowest BCUT2D eigenvalue weighted by Crippen LogP contribution is -2.37. The third-order valence-corrected chi connectivity index (χ3v) is 3.40. The van der Waals surface area contributed by atoms with Crippen molar-refractivity contribution in [3.63, 3.8) is 0 Å². The number of rotatable bonds is 5. The van der Waals surface area contributed by atoms with Crippen LogP contribution in [0, 0.1) is 5.92 Å². The van der Waals surface area contributed by atoms with Crippen LogP contribution in [0.3, 0.4) is 0 Å². The Morgan fingerprint density at radius 1 is 1.47 bits per heavy atom. The fraction of sp³-hybridized carbons (Fsp3) is 0.571. The second kappa shape index (κ2) is 6.03. The van der Waals surface area contributed by atoms with E-state index in [1.54, 1.807) is 7.11 Å². The van der Waals surface area contributed by atoms with Gasteiger partial charge in [-0.3, -0.25) is 0 Å². The van der Waals surface area contributed by atoms with Crippen molar-refractivity contribution in [3.8, 4) is 5.75 Å². The zero-order valence-electron chi connectivity index (χ0n) is 10.4. The van der Waals surface area contributed by atoms with Crippen LogP contribution < -0.4 is 10.5 Å². The molecule has 1 heterocycles. The molecule has 2 N–H and O–H groups in total. The molecule has 1 aliphatic rings. The fourth-order valence-electron chi connectivity index (χ4n) is 2.33. The van der Waals surface area contributed by atoms with E-state index < -0.39 is 0 Å². The van der Waals surface area contributed by atoms with Crippen molar-refractivity contribution in [2.24, 2.45) is 11.7 Å². The summed E-state index contributed by atoms with van der Waals surface area (Å²) in [6.07, 6.45) is 3.06. The second-order valence-electron chi connectivity index (χ2n) is 4.68. The Morgan fingerprint density at radius 3 is 3.12 bits per heavy atom. The summed E-state index contributed by atoms with van der Waals surface area (Å²) in [6.45, 7) is 1.53.